The SMILES string of the molecule is C=C(NC)c1cc(Sc2ccc(N)cc2)ccn1. The largest absolute Gasteiger partial charge is 0.399 e. The van der Waals surface area contributed by atoms with Gasteiger partial charge in [-0.2, -0.15) is 0 Å². The molecule has 1 heterocycles. The monoisotopic (exact) mass is 257 g/mol. The smallest absolute Gasteiger partial charge is 0.0865 e. The summed E-state index contributed by atoms with van der Waals surface area (Å²) in [5.74, 6) is 0. The van der Waals surface area contributed by atoms with Crippen molar-refractivity contribution < 1.29 is 0 Å². The number of hydrogen-bond acceptors (Lipinski definition) is 4. The number of aromatic nitrogens is 1. The second-order valence-electron chi connectivity index (χ2n) is 3.78. The molecule has 1 aromatic carbocycles. The van der Waals surface area contributed by atoms with Gasteiger partial charge in [0.2, 0.25) is 0 Å². The number of anilines is 1. The fraction of sp³-hybridized carbons (Fsp3) is 0.0714. The molecule has 0 bridgehead atoms. The first-order chi connectivity index (χ1) is 8.69. The number of nitrogen functional groups attached to an aromatic ring is 1. The molecule has 0 atom stereocenters. The fourth-order valence-corrected chi connectivity index (χ4v) is 2.28. The van der Waals surface area contributed by atoms with Gasteiger partial charge in [-0.3, -0.25) is 4.98 Å². The van der Waals surface area contributed by atoms with Crippen LogP contribution in [0.4, 0.5) is 5.69 Å². The molecule has 2 rings (SSSR count). The molecule has 0 amide bonds. The molecule has 1 aromatic heterocycles. The molecule has 3 nitrogen and oxygen atoms in total. The van der Waals surface area contributed by atoms with E-state index in [1.165, 1.54) is 0 Å². The molecule has 0 radical (unpaired) electrons. The van der Waals surface area contributed by atoms with Crippen LogP contribution >= 0.6 is 11.8 Å². The van der Waals surface area contributed by atoms with E-state index in [-0.39, 0.29) is 0 Å². The molecule has 0 saturated carbocycles. The van der Waals surface area contributed by atoms with Gasteiger partial charge in [-0.1, -0.05) is 18.3 Å². The third-order valence-electron chi connectivity index (χ3n) is 2.46. The number of hydrogen-bond donors (Lipinski definition) is 2. The van der Waals surface area contributed by atoms with Crippen LogP contribution in [0, 0.1) is 0 Å². The van der Waals surface area contributed by atoms with Gasteiger partial charge < -0.3 is 11.1 Å². The lowest BCUT2D eigenvalue weighted by Gasteiger charge is -2.06. The minimum Gasteiger partial charge on any atom is -0.399 e. The number of nitrogens with zero attached hydrogens (tertiary/aromatic N) is 1. The van der Waals surface area contributed by atoms with Crippen molar-refractivity contribution in [3.8, 4) is 0 Å². The van der Waals surface area contributed by atoms with Crippen molar-refractivity contribution >= 4 is 23.1 Å². The molecule has 4 heteroatoms. The van der Waals surface area contributed by atoms with Crippen LogP contribution in [0.5, 0.6) is 0 Å². The Hall–Kier alpha value is -1.94. The average molecular weight is 257 g/mol. The van der Waals surface area contributed by atoms with Crippen molar-refractivity contribution in [2.75, 3.05) is 12.8 Å². The summed E-state index contributed by atoms with van der Waals surface area (Å²) in [5.41, 5.74) is 8.11. The highest BCUT2D eigenvalue weighted by atomic mass is 32.2. The number of pyridine rings is 1. The molecule has 0 aliphatic heterocycles. The second-order valence-corrected chi connectivity index (χ2v) is 4.92. The van der Waals surface area contributed by atoms with Gasteiger partial charge in [0.05, 0.1) is 11.4 Å². The van der Waals surface area contributed by atoms with Gasteiger partial charge >= 0.3 is 0 Å². The molecule has 0 saturated heterocycles. The van der Waals surface area contributed by atoms with Crippen molar-refractivity contribution in [1.82, 2.24) is 10.3 Å². The van der Waals surface area contributed by atoms with Gasteiger partial charge in [-0.05, 0) is 36.4 Å². The predicted molar refractivity (Wildman–Crippen MR) is 77.3 cm³/mol. The molecule has 0 fully saturated rings. The maximum atomic E-state index is 5.66. The Morgan fingerprint density at radius 2 is 1.94 bits per heavy atom. The summed E-state index contributed by atoms with van der Waals surface area (Å²) in [6.07, 6.45) is 1.79. The van der Waals surface area contributed by atoms with Gasteiger partial charge in [0.25, 0.3) is 0 Å². The first-order valence-electron chi connectivity index (χ1n) is 5.55. The van der Waals surface area contributed by atoms with E-state index in [2.05, 4.69) is 16.9 Å². The molecule has 0 aliphatic rings. The molecule has 3 N–H and O–H groups in total. The van der Waals surface area contributed by atoms with E-state index in [0.29, 0.717) is 0 Å². The number of rotatable bonds is 4. The van der Waals surface area contributed by atoms with Crippen molar-refractivity contribution in [1.29, 1.82) is 0 Å². The quantitative estimate of drug-likeness (QED) is 0.827. The molecule has 0 aliphatic carbocycles. The van der Waals surface area contributed by atoms with E-state index in [1.54, 1.807) is 18.0 Å². The molecule has 92 valence electrons. The van der Waals surface area contributed by atoms with Crippen LogP contribution in [0.1, 0.15) is 5.69 Å². The van der Waals surface area contributed by atoms with E-state index in [1.807, 2.05) is 43.4 Å². The van der Waals surface area contributed by atoms with Crippen molar-refractivity contribution in [2.45, 2.75) is 9.79 Å². The summed E-state index contributed by atoms with van der Waals surface area (Å²) in [5, 5.41) is 3.00. The number of benzene rings is 1. The Bertz CT molecular complexity index is 549. The lowest BCUT2D eigenvalue weighted by Crippen LogP contribution is -2.04. The molecular weight excluding hydrogens is 242 g/mol. The minimum atomic E-state index is 0.776. The number of nitrogens with two attached hydrogens (primary N) is 1. The zero-order chi connectivity index (χ0) is 13.0. The molecule has 18 heavy (non-hydrogen) atoms. The average Bonchev–Trinajstić information content (AvgIpc) is 2.41. The Kier molecular flexibility index (Phi) is 3.89. The van der Waals surface area contributed by atoms with Gasteiger partial charge in [-0.15, -0.1) is 0 Å². The number of nitrogens with one attached hydrogen (secondary N) is 1. The highest BCUT2D eigenvalue weighted by Crippen LogP contribution is 2.28. The Labute approximate surface area is 111 Å². The summed E-state index contributed by atoms with van der Waals surface area (Å²) in [7, 11) is 1.84. The summed E-state index contributed by atoms with van der Waals surface area (Å²) >= 11 is 1.67. The first kappa shape index (κ1) is 12.5. The standard InChI is InChI=1S/C14H15N3S/c1-10(16-2)14-9-13(7-8-17-14)18-12-5-3-11(15)4-6-12/h3-9,16H,1,15H2,2H3. The normalized spacial score (nSPS) is 10.1. The molecule has 2 aromatic rings. The minimum absolute atomic E-state index is 0.776. The lowest BCUT2D eigenvalue weighted by molar-refractivity contribution is 1.09. The van der Waals surface area contributed by atoms with Crippen molar-refractivity contribution in [2.24, 2.45) is 0 Å². The van der Waals surface area contributed by atoms with Gasteiger partial charge in [0.15, 0.2) is 0 Å². The Morgan fingerprint density at radius 3 is 2.61 bits per heavy atom. The lowest BCUT2D eigenvalue weighted by atomic mass is 10.3. The van der Waals surface area contributed by atoms with E-state index in [0.717, 1.165) is 26.9 Å². The van der Waals surface area contributed by atoms with Crippen LogP contribution < -0.4 is 11.1 Å². The maximum absolute atomic E-state index is 5.66. The summed E-state index contributed by atoms with van der Waals surface area (Å²) in [6, 6.07) is 11.8. The van der Waals surface area contributed by atoms with Crippen LogP contribution in [-0.4, -0.2) is 12.0 Å². The highest BCUT2D eigenvalue weighted by molar-refractivity contribution is 7.99. The van der Waals surface area contributed by atoms with E-state index in [4.69, 9.17) is 5.73 Å². The Balaban J connectivity index is 2.19. The zero-order valence-electron chi connectivity index (χ0n) is 10.2. The van der Waals surface area contributed by atoms with Crippen molar-refractivity contribution in [3.05, 3.63) is 54.9 Å². The van der Waals surface area contributed by atoms with Gasteiger partial charge in [0.1, 0.15) is 0 Å². The fourth-order valence-electron chi connectivity index (χ4n) is 1.44. The van der Waals surface area contributed by atoms with Crippen LogP contribution in [0.15, 0.2) is 59.0 Å². The summed E-state index contributed by atoms with van der Waals surface area (Å²) in [4.78, 5) is 6.55. The van der Waals surface area contributed by atoms with Crippen molar-refractivity contribution in [3.63, 3.8) is 0 Å². The van der Waals surface area contributed by atoms with E-state index >= 15 is 0 Å². The predicted octanol–water partition coefficient (Wildman–Crippen LogP) is 3.01. The Morgan fingerprint density at radius 1 is 1.22 bits per heavy atom. The molecule has 0 unspecified atom stereocenters. The zero-order valence-corrected chi connectivity index (χ0v) is 11.0. The third kappa shape index (κ3) is 3.05. The topological polar surface area (TPSA) is 50.9 Å². The third-order valence-corrected chi connectivity index (χ3v) is 3.46. The first-order valence-corrected chi connectivity index (χ1v) is 6.37. The van der Waals surface area contributed by atoms with Gasteiger partial charge in [0, 0.05) is 28.7 Å². The van der Waals surface area contributed by atoms with E-state index in [9.17, 15) is 0 Å². The van der Waals surface area contributed by atoms with Crippen LogP contribution in [0.2, 0.25) is 0 Å². The highest BCUT2D eigenvalue weighted by Gasteiger charge is 2.02. The van der Waals surface area contributed by atoms with Crippen LogP contribution in [0.3, 0.4) is 0 Å². The van der Waals surface area contributed by atoms with Crippen LogP contribution in [0.25, 0.3) is 5.70 Å². The molecular formula is C14H15N3S. The second kappa shape index (κ2) is 5.60. The molecule has 0 spiro atoms. The summed E-state index contributed by atoms with van der Waals surface area (Å²) < 4.78 is 0. The van der Waals surface area contributed by atoms with Crippen LogP contribution in [-0.2, 0) is 0 Å². The van der Waals surface area contributed by atoms with Gasteiger partial charge in [-0.25, -0.2) is 0 Å². The van der Waals surface area contributed by atoms with E-state index < -0.39 is 0 Å². The summed E-state index contributed by atoms with van der Waals surface area (Å²) in [6.45, 7) is 3.90. The maximum Gasteiger partial charge on any atom is 0.0865 e.